The molecular weight excluding hydrogens is 352 g/mol. The summed E-state index contributed by atoms with van der Waals surface area (Å²) in [4.78, 5) is 24.2. The van der Waals surface area contributed by atoms with E-state index in [4.69, 9.17) is 9.47 Å². The van der Waals surface area contributed by atoms with E-state index in [1.165, 1.54) is 76.4 Å². The van der Waals surface area contributed by atoms with Crippen LogP contribution in [0.25, 0.3) is 0 Å². The minimum absolute atomic E-state index is 0.152. The van der Waals surface area contributed by atoms with Gasteiger partial charge in [0.25, 0.3) is 0 Å². The minimum Gasteiger partial charge on any atom is -0.489 e. The highest BCUT2D eigenvalue weighted by Crippen LogP contribution is 2.16. The number of carbonyl (C=O) groups excluding carboxylic acids is 2. The third kappa shape index (κ3) is 11.3. The van der Waals surface area contributed by atoms with E-state index in [9.17, 15) is 9.59 Å². The van der Waals surface area contributed by atoms with E-state index in [1.807, 2.05) is 0 Å². The standard InChI is InChI=1S/C24H40O4/c1-3-5-7-9-11-13-15-17-27-23-19-22(26)24(20-21(23)25)28-18-16-14-12-10-8-6-4-2/h19-20H,3-18H2,1-2H3. The largest absolute Gasteiger partial charge is 0.489 e. The van der Waals surface area contributed by atoms with E-state index >= 15 is 0 Å². The summed E-state index contributed by atoms with van der Waals surface area (Å²) in [5, 5.41) is 0. The first-order valence-electron chi connectivity index (χ1n) is 11.5. The van der Waals surface area contributed by atoms with E-state index in [-0.39, 0.29) is 23.1 Å². The van der Waals surface area contributed by atoms with Crippen molar-refractivity contribution in [3.8, 4) is 0 Å². The zero-order valence-corrected chi connectivity index (χ0v) is 18.1. The van der Waals surface area contributed by atoms with Gasteiger partial charge < -0.3 is 9.47 Å². The Balaban J connectivity index is 2.13. The summed E-state index contributed by atoms with van der Waals surface area (Å²) in [6, 6.07) is 0. The van der Waals surface area contributed by atoms with Gasteiger partial charge in [0, 0.05) is 12.2 Å². The fourth-order valence-electron chi connectivity index (χ4n) is 3.23. The lowest BCUT2D eigenvalue weighted by molar-refractivity contribution is -0.119. The van der Waals surface area contributed by atoms with Crippen molar-refractivity contribution >= 4 is 11.6 Å². The van der Waals surface area contributed by atoms with Crippen LogP contribution in [0.15, 0.2) is 23.7 Å². The molecule has 0 aromatic carbocycles. The maximum absolute atomic E-state index is 12.1. The second-order valence-electron chi connectivity index (χ2n) is 7.69. The van der Waals surface area contributed by atoms with Gasteiger partial charge in [-0.3, -0.25) is 9.59 Å². The van der Waals surface area contributed by atoms with Crippen LogP contribution in [0.3, 0.4) is 0 Å². The van der Waals surface area contributed by atoms with Gasteiger partial charge in [0.1, 0.15) is 0 Å². The van der Waals surface area contributed by atoms with Crippen LogP contribution in [-0.4, -0.2) is 24.8 Å². The Hall–Kier alpha value is -1.58. The van der Waals surface area contributed by atoms with Gasteiger partial charge in [0.15, 0.2) is 11.5 Å². The number of ketones is 2. The molecule has 0 aromatic rings. The molecule has 0 aromatic heterocycles. The summed E-state index contributed by atoms with van der Waals surface area (Å²) in [5.41, 5.74) is 0. The predicted molar refractivity (Wildman–Crippen MR) is 114 cm³/mol. The molecule has 0 atom stereocenters. The molecule has 0 aliphatic heterocycles. The van der Waals surface area contributed by atoms with Gasteiger partial charge >= 0.3 is 0 Å². The molecule has 28 heavy (non-hydrogen) atoms. The van der Waals surface area contributed by atoms with Crippen LogP contribution in [0.4, 0.5) is 0 Å². The van der Waals surface area contributed by atoms with Gasteiger partial charge in [-0.1, -0.05) is 90.9 Å². The van der Waals surface area contributed by atoms with E-state index < -0.39 is 0 Å². The molecule has 1 aliphatic rings. The van der Waals surface area contributed by atoms with Crippen molar-refractivity contribution in [3.63, 3.8) is 0 Å². The summed E-state index contributed by atoms with van der Waals surface area (Å²) in [6.45, 7) is 5.40. The number of hydrogen-bond donors (Lipinski definition) is 0. The van der Waals surface area contributed by atoms with Gasteiger partial charge in [-0.25, -0.2) is 0 Å². The Morgan fingerprint density at radius 3 is 1.21 bits per heavy atom. The Bertz CT molecular complexity index is 459. The van der Waals surface area contributed by atoms with E-state index in [1.54, 1.807) is 0 Å². The van der Waals surface area contributed by atoms with Crippen molar-refractivity contribution in [2.45, 2.75) is 104 Å². The number of hydrogen-bond acceptors (Lipinski definition) is 4. The fraction of sp³-hybridized carbons (Fsp3) is 0.750. The number of ether oxygens (including phenoxy) is 2. The van der Waals surface area contributed by atoms with Crippen molar-refractivity contribution < 1.29 is 19.1 Å². The highest BCUT2D eigenvalue weighted by Gasteiger charge is 2.22. The fourth-order valence-corrected chi connectivity index (χ4v) is 3.23. The quantitative estimate of drug-likeness (QED) is 0.199. The molecule has 0 saturated heterocycles. The first-order valence-corrected chi connectivity index (χ1v) is 11.5. The molecule has 160 valence electrons. The Kier molecular flexibility index (Phi) is 14.3. The van der Waals surface area contributed by atoms with Crippen LogP contribution in [0.1, 0.15) is 104 Å². The molecule has 0 bridgehead atoms. The van der Waals surface area contributed by atoms with Gasteiger partial charge in [-0.2, -0.15) is 0 Å². The smallest absolute Gasteiger partial charge is 0.224 e. The van der Waals surface area contributed by atoms with Crippen molar-refractivity contribution in [2.24, 2.45) is 0 Å². The Morgan fingerprint density at radius 2 is 0.857 bits per heavy atom. The van der Waals surface area contributed by atoms with E-state index in [2.05, 4.69) is 13.8 Å². The summed E-state index contributed by atoms with van der Waals surface area (Å²) in [6.07, 6.45) is 19.2. The van der Waals surface area contributed by atoms with E-state index in [0.29, 0.717) is 13.2 Å². The maximum Gasteiger partial charge on any atom is 0.224 e. The molecule has 0 N–H and O–H groups in total. The van der Waals surface area contributed by atoms with E-state index in [0.717, 1.165) is 25.7 Å². The topological polar surface area (TPSA) is 52.6 Å². The number of unbranched alkanes of at least 4 members (excludes halogenated alkanes) is 12. The molecule has 1 aliphatic carbocycles. The van der Waals surface area contributed by atoms with Crippen LogP contribution in [0, 0.1) is 0 Å². The van der Waals surface area contributed by atoms with Crippen molar-refractivity contribution in [3.05, 3.63) is 23.7 Å². The maximum atomic E-state index is 12.1. The Labute approximate surface area is 171 Å². The van der Waals surface area contributed by atoms with Gasteiger partial charge in [0.2, 0.25) is 11.6 Å². The Morgan fingerprint density at radius 1 is 0.536 bits per heavy atom. The summed E-state index contributed by atoms with van der Waals surface area (Å²) in [5.74, 6) is -0.229. The minimum atomic E-state index is -0.267. The first kappa shape index (κ1) is 24.5. The first-order chi connectivity index (χ1) is 13.7. The van der Waals surface area contributed by atoms with Crippen LogP contribution < -0.4 is 0 Å². The molecule has 0 saturated carbocycles. The van der Waals surface area contributed by atoms with Crippen LogP contribution in [0.5, 0.6) is 0 Å². The molecular formula is C24H40O4. The molecule has 1 rings (SSSR count). The molecule has 0 unspecified atom stereocenters. The lowest BCUT2D eigenvalue weighted by atomic mass is 10.1. The molecule has 0 radical (unpaired) electrons. The molecule has 0 amide bonds. The molecule has 0 heterocycles. The van der Waals surface area contributed by atoms with Crippen LogP contribution in [0.2, 0.25) is 0 Å². The van der Waals surface area contributed by atoms with Gasteiger partial charge in [-0.05, 0) is 12.8 Å². The number of allylic oxidation sites excluding steroid dienone is 2. The number of carbonyl (C=O) groups is 2. The lowest BCUT2D eigenvalue weighted by Crippen LogP contribution is -2.17. The van der Waals surface area contributed by atoms with Gasteiger partial charge in [0.05, 0.1) is 13.2 Å². The van der Waals surface area contributed by atoms with Crippen molar-refractivity contribution in [1.82, 2.24) is 0 Å². The SMILES string of the molecule is CCCCCCCCCOC1=CC(=O)C(OCCCCCCCCC)=CC1=O. The third-order valence-electron chi connectivity index (χ3n) is 5.02. The number of rotatable bonds is 18. The highest BCUT2D eigenvalue weighted by molar-refractivity contribution is 6.18. The van der Waals surface area contributed by atoms with Gasteiger partial charge in [-0.15, -0.1) is 0 Å². The zero-order chi connectivity index (χ0) is 20.5. The highest BCUT2D eigenvalue weighted by atomic mass is 16.5. The monoisotopic (exact) mass is 392 g/mol. The molecule has 4 nitrogen and oxygen atoms in total. The second-order valence-corrected chi connectivity index (χ2v) is 7.69. The zero-order valence-electron chi connectivity index (χ0n) is 18.1. The average molecular weight is 393 g/mol. The third-order valence-corrected chi connectivity index (χ3v) is 5.02. The second kappa shape index (κ2) is 16.4. The average Bonchev–Trinajstić information content (AvgIpc) is 2.69. The molecule has 4 heteroatoms. The summed E-state index contributed by atoms with van der Waals surface area (Å²) in [7, 11) is 0. The predicted octanol–water partition coefficient (Wildman–Crippen LogP) is 6.44. The van der Waals surface area contributed by atoms with Crippen LogP contribution >= 0.6 is 0 Å². The van der Waals surface area contributed by atoms with Crippen molar-refractivity contribution in [1.29, 1.82) is 0 Å². The molecule has 0 fully saturated rings. The molecule has 0 spiro atoms. The van der Waals surface area contributed by atoms with Crippen LogP contribution in [-0.2, 0) is 19.1 Å². The lowest BCUT2D eigenvalue weighted by Gasteiger charge is -2.14. The summed E-state index contributed by atoms with van der Waals surface area (Å²) >= 11 is 0. The van der Waals surface area contributed by atoms with Crippen molar-refractivity contribution in [2.75, 3.05) is 13.2 Å². The summed E-state index contributed by atoms with van der Waals surface area (Å²) < 4.78 is 11.0. The normalized spacial score (nSPS) is 14.1.